The Labute approximate surface area is 187 Å². The maximum absolute atomic E-state index is 13.0. The van der Waals surface area contributed by atoms with Gasteiger partial charge >= 0.3 is 0 Å². The average Bonchev–Trinajstić information content (AvgIpc) is 2.72. The number of carbonyl (C=O) groups is 2. The van der Waals surface area contributed by atoms with Crippen LogP contribution in [0.4, 0.5) is 11.4 Å². The number of thioether (sulfide) groups is 1. The molecule has 5 nitrogen and oxygen atoms in total. The second-order valence-electron chi connectivity index (χ2n) is 9.69. The molecule has 5 aliphatic rings. The lowest BCUT2D eigenvalue weighted by Crippen LogP contribution is -2.54. The molecular weight excluding hydrogens is 418 g/mol. The minimum Gasteiger partial charge on any atom is -0.369 e. The van der Waals surface area contributed by atoms with E-state index in [-0.39, 0.29) is 23.8 Å². The monoisotopic (exact) mass is 447 g/mol. The Bertz CT molecular complexity index is 804. The molecule has 2 N–H and O–H groups in total. The molecule has 2 amide bonds. The fourth-order valence-corrected chi connectivity index (χ4v) is 7.79. The lowest BCUT2D eigenvalue weighted by atomic mass is 9.49. The number of carbonyl (C=O) groups excluding carboxylic acids is 2. The normalized spacial score (nSPS) is 32.2. The summed E-state index contributed by atoms with van der Waals surface area (Å²) in [5, 5.41) is 6.47. The van der Waals surface area contributed by atoms with Crippen LogP contribution < -0.4 is 15.5 Å². The molecule has 4 saturated carbocycles. The third-order valence-corrected chi connectivity index (χ3v) is 8.76. The molecular formula is C23H30ClN3O2S. The molecule has 4 bridgehead atoms. The third-order valence-electron chi connectivity index (χ3n) is 7.51. The van der Waals surface area contributed by atoms with E-state index in [4.69, 9.17) is 11.6 Å². The number of nitrogens with zero attached hydrogens (tertiary/aromatic N) is 1. The summed E-state index contributed by atoms with van der Waals surface area (Å²) < 4.78 is 0. The van der Waals surface area contributed by atoms with Crippen LogP contribution in [0.1, 0.15) is 38.5 Å². The Morgan fingerprint density at radius 1 is 1.07 bits per heavy atom. The van der Waals surface area contributed by atoms with Gasteiger partial charge in [-0.25, -0.2) is 0 Å². The van der Waals surface area contributed by atoms with E-state index in [1.165, 1.54) is 19.3 Å². The van der Waals surface area contributed by atoms with Gasteiger partial charge in [0.2, 0.25) is 11.8 Å². The van der Waals surface area contributed by atoms with E-state index in [9.17, 15) is 9.59 Å². The van der Waals surface area contributed by atoms with E-state index >= 15 is 0 Å². The van der Waals surface area contributed by atoms with Crippen molar-refractivity contribution < 1.29 is 9.59 Å². The van der Waals surface area contributed by atoms with E-state index in [0.29, 0.717) is 10.7 Å². The predicted molar refractivity (Wildman–Crippen MR) is 123 cm³/mol. The number of rotatable bonds is 5. The Morgan fingerprint density at radius 2 is 1.70 bits per heavy atom. The van der Waals surface area contributed by atoms with Crippen LogP contribution in [0, 0.1) is 23.2 Å². The molecule has 1 aromatic carbocycles. The highest BCUT2D eigenvalue weighted by Crippen LogP contribution is 2.60. The molecule has 0 spiro atoms. The highest BCUT2D eigenvalue weighted by Gasteiger charge is 2.54. The fraction of sp³-hybridized carbons (Fsp3) is 0.652. The first kappa shape index (κ1) is 20.5. The molecule has 162 valence electrons. The lowest BCUT2D eigenvalue weighted by Gasteiger charge is -2.55. The summed E-state index contributed by atoms with van der Waals surface area (Å²) in [6.07, 6.45) is 6.95. The number of halogens is 1. The van der Waals surface area contributed by atoms with Crippen LogP contribution in [0.15, 0.2) is 18.2 Å². The van der Waals surface area contributed by atoms with E-state index < -0.39 is 0 Å². The first-order chi connectivity index (χ1) is 14.5. The first-order valence-electron chi connectivity index (χ1n) is 11.2. The van der Waals surface area contributed by atoms with Crippen LogP contribution >= 0.6 is 23.4 Å². The van der Waals surface area contributed by atoms with Crippen molar-refractivity contribution in [2.24, 2.45) is 23.2 Å². The van der Waals surface area contributed by atoms with Crippen LogP contribution in [-0.4, -0.2) is 43.0 Å². The zero-order valence-corrected chi connectivity index (χ0v) is 18.9. The van der Waals surface area contributed by atoms with Crippen molar-refractivity contribution in [3.05, 3.63) is 23.2 Å². The van der Waals surface area contributed by atoms with Gasteiger partial charge in [-0.1, -0.05) is 11.6 Å². The van der Waals surface area contributed by atoms with Gasteiger partial charge in [0.1, 0.15) is 0 Å². The Kier molecular flexibility index (Phi) is 5.65. The molecule has 0 atom stereocenters. The van der Waals surface area contributed by atoms with Crippen LogP contribution in [0.2, 0.25) is 5.02 Å². The minimum absolute atomic E-state index is 0.0172. The quantitative estimate of drug-likeness (QED) is 0.711. The van der Waals surface area contributed by atoms with Crippen LogP contribution in [-0.2, 0) is 9.59 Å². The van der Waals surface area contributed by atoms with Crippen LogP contribution in [0.3, 0.4) is 0 Å². The maximum Gasteiger partial charge on any atom is 0.243 e. The molecule has 1 aromatic rings. The minimum atomic E-state index is -0.216. The summed E-state index contributed by atoms with van der Waals surface area (Å²) >= 11 is 8.44. The fourth-order valence-electron chi connectivity index (χ4n) is 6.59. The van der Waals surface area contributed by atoms with Gasteiger partial charge < -0.3 is 15.5 Å². The van der Waals surface area contributed by atoms with Crippen molar-refractivity contribution in [1.82, 2.24) is 5.32 Å². The zero-order chi connectivity index (χ0) is 20.7. The smallest absolute Gasteiger partial charge is 0.243 e. The van der Waals surface area contributed by atoms with Gasteiger partial charge in [-0.3, -0.25) is 9.59 Å². The summed E-state index contributed by atoms with van der Waals surface area (Å²) in [7, 11) is 0. The second-order valence-corrected chi connectivity index (χ2v) is 11.3. The van der Waals surface area contributed by atoms with E-state index in [1.54, 1.807) is 6.07 Å². The van der Waals surface area contributed by atoms with Crippen molar-refractivity contribution in [2.45, 2.75) is 38.5 Å². The van der Waals surface area contributed by atoms with Crippen molar-refractivity contribution in [3.63, 3.8) is 0 Å². The molecule has 6 rings (SSSR count). The zero-order valence-electron chi connectivity index (χ0n) is 17.3. The molecule has 4 aliphatic carbocycles. The van der Waals surface area contributed by atoms with Gasteiger partial charge in [-0.2, -0.15) is 11.8 Å². The summed E-state index contributed by atoms with van der Waals surface area (Å²) in [4.78, 5) is 27.8. The molecule has 30 heavy (non-hydrogen) atoms. The molecule has 0 radical (unpaired) electrons. The largest absolute Gasteiger partial charge is 0.369 e. The number of nitrogens with one attached hydrogen (secondary N) is 2. The van der Waals surface area contributed by atoms with E-state index in [2.05, 4.69) is 15.5 Å². The molecule has 0 unspecified atom stereocenters. The number of benzene rings is 1. The number of amides is 2. The number of hydrogen-bond donors (Lipinski definition) is 2. The van der Waals surface area contributed by atoms with Gasteiger partial charge in [-0.15, -0.1) is 0 Å². The van der Waals surface area contributed by atoms with Crippen molar-refractivity contribution in [2.75, 3.05) is 41.4 Å². The molecule has 1 aliphatic heterocycles. The standard InChI is InChI=1S/C23H30ClN3O2S/c24-19-10-18(1-2-20(19)27-3-5-30-6-4-27)26-21(28)14-25-22(29)23-11-15-7-16(12-23)9-17(8-15)13-23/h1-2,10,15-17H,3-9,11-14H2,(H,25,29)(H,26,28). The Morgan fingerprint density at radius 3 is 2.30 bits per heavy atom. The van der Waals surface area contributed by atoms with Gasteiger partial charge in [0.25, 0.3) is 0 Å². The molecule has 1 saturated heterocycles. The first-order valence-corrected chi connectivity index (χ1v) is 12.7. The van der Waals surface area contributed by atoms with E-state index in [1.807, 2.05) is 23.9 Å². The summed E-state index contributed by atoms with van der Waals surface area (Å²) in [6, 6.07) is 5.67. The predicted octanol–water partition coefficient (Wildman–Crippen LogP) is 4.16. The molecule has 7 heteroatoms. The van der Waals surface area contributed by atoms with Gasteiger partial charge in [0.15, 0.2) is 0 Å². The SMILES string of the molecule is O=C(CNC(=O)C12CC3CC(CC(C3)C1)C2)Nc1ccc(N2CCSCC2)c(Cl)c1. The van der Waals surface area contributed by atoms with Crippen molar-refractivity contribution in [1.29, 1.82) is 0 Å². The summed E-state index contributed by atoms with van der Waals surface area (Å²) in [5.41, 5.74) is 1.47. The topological polar surface area (TPSA) is 61.4 Å². The maximum atomic E-state index is 13.0. The van der Waals surface area contributed by atoms with E-state index in [0.717, 1.165) is 67.3 Å². The lowest BCUT2D eigenvalue weighted by molar-refractivity contribution is -0.146. The Hall–Kier alpha value is -1.40. The van der Waals surface area contributed by atoms with Crippen LogP contribution in [0.5, 0.6) is 0 Å². The van der Waals surface area contributed by atoms with Crippen molar-refractivity contribution in [3.8, 4) is 0 Å². The highest BCUT2D eigenvalue weighted by atomic mass is 35.5. The Balaban J connectivity index is 1.16. The summed E-state index contributed by atoms with van der Waals surface area (Å²) in [5.74, 6) is 4.26. The highest BCUT2D eigenvalue weighted by molar-refractivity contribution is 7.99. The van der Waals surface area contributed by atoms with Crippen LogP contribution in [0.25, 0.3) is 0 Å². The third kappa shape index (κ3) is 4.05. The summed E-state index contributed by atoms with van der Waals surface area (Å²) in [6.45, 7) is 2.00. The second kappa shape index (κ2) is 8.27. The average molecular weight is 448 g/mol. The van der Waals surface area contributed by atoms with Gasteiger partial charge in [0.05, 0.1) is 17.3 Å². The number of hydrogen-bond acceptors (Lipinski definition) is 4. The van der Waals surface area contributed by atoms with Gasteiger partial charge in [-0.05, 0) is 74.5 Å². The van der Waals surface area contributed by atoms with Crippen molar-refractivity contribution >= 4 is 46.6 Å². The molecule has 0 aromatic heterocycles. The molecule has 1 heterocycles. The van der Waals surface area contributed by atoms with Gasteiger partial charge in [0, 0.05) is 35.7 Å². The molecule has 5 fully saturated rings. The number of anilines is 2.